The van der Waals surface area contributed by atoms with Crippen LogP contribution in [0.15, 0.2) is 29.2 Å². The predicted molar refractivity (Wildman–Crippen MR) is 103 cm³/mol. The molecule has 0 bridgehead atoms. The number of piperidine rings is 1. The third-order valence-corrected chi connectivity index (χ3v) is 7.66. The van der Waals surface area contributed by atoms with Crippen molar-refractivity contribution < 1.29 is 13.2 Å². The number of benzene rings is 1. The molecule has 1 unspecified atom stereocenters. The monoisotopic (exact) mass is 384 g/mol. The minimum absolute atomic E-state index is 0.302. The van der Waals surface area contributed by atoms with Gasteiger partial charge in [0.15, 0.2) is 0 Å². The summed E-state index contributed by atoms with van der Waals surface area (Å²) in [6.45, 7) is 5.20. The van der Waals surface area contributed by atoms with Crippen molar-refractivity contribution in [2.45, 2.75) is 37.1 Å². The fourth-order valence-electron chi connectivity index (χ4n) is 3.52. The minimum atomic E-state index is -3.44. The zero-order valence-electron chi connectivity index (χ0n) is 14.8. The second-order valence-electron chi connectivity index (χ2n) is 6.75. The molecule has 5 nitrogen and oxygen atoms in total. The van der Waals surface area contributed by atoms with E-state index < -0.39 is 10.0 Å². The van der Waals surface area contributed by atoms with Crippen LogP contribution < -0.4 is 9.46 Å². The molecule has 2 heterocycles. The number of hydrogen-bond acceptors (Lipinski definition) is 5. The van der Waals surface area contributed by atoms with E-state index in [1.54, 1.807) is 24.3 Å². The average Bonchev–Trinajstić information content (AvgIpc) is 3.16. The lowest BCUT2D eigenvalue weighted by Gasteiger charge is -2.35. The lowest BCUT2D eigenvalue weighted by atomic mass is 9.96. The maximum Gasteiger partial charge on any atom is 0.240 e. The molecule has 1 aromatic rings. The first-order valence-corrected chi connectivity index (χ1v) is 11.8. The molecule has 0 saturated carbocycles. The van der Waals surface area contributed by atoms with Crippen molar-refractivity contribution in [3.05, 3.63) is 24.3 Å². The van der Waals surface area contributed by atoms with Crippen LogP contribution in [-0.2, 0) is 10.0 Å². The van der Waals surface area contributed by atoms with Crippen LogP contribution in [0.1, 0.15) is 26.2 Å². The second-order valence-corrected chi connectivity index (χ2v) is 9.67. The Kier molecular flexibility index (Phi) is 6.66. The Morgan fingerprint density at radius 1 is 1.20 bits per heavy atom. The Balaban J connectivity index is 1.47. The van der Waals surface area contributed by atoms with Crippen LogP contribution in [0.3, 0.4) is 0 Å². The fraction of sp³-hybridized carbons (Fsp3) is 0.667. The molecule has 3 rings (SSSR count). The van der Waals surface area contributed by atoms with Gasteiger partial charge in [-0.25, -0.2) is 13.1 Å². The normalized spacial score (nSPS) is 23.0. The van der Waals surface area contributed by atoms with Gasteiger partial charge in [0.1, 0.15) is 5.75 Å². The van der Waals surface area contributed by atoms with E-state index in [0.29, 0.717) is 29.7 Å². The molecule has 2 fully saturated rings. The molecule has 0 spiro atoms. The standard InChI is InChI=1S/C18H28N2O3S2/c1-2-23-17-3-5-18(6-4-17)25(21,22)19-13-15-7-10-20(11-8-15)16-9-12-24-14-16/h3-6,15-16,19H,2,7-14H2,1H3. The van der Waals surface area contributed by atoms with Crippen molar-refractivity contribution in [3.8, 4) is 5.75 Å². The summed E-state index contributed by atoms with van der Waals surface area (Å²) in [6, 6.07) is 7.36. The van der Waals surface area contributed by atoms with Crippen LogP contribution in [-0.4, -0.2) is 57.1 Å². The molecule has 0 aromatic heterocycles. The van der Waals surface area contributed by atoms with E-state index >= 15 is 0 Å². The quantitative estimate of drug-likeness (QED) is 0.783. The Hall–Kier alpha value is -0.760. The van der Waals surface area contributed by atoms with Crippen LogP contribution >= 0.6 is 11.8 Å². The molecular weight excluding hydrogens is 356 g/mol. The highest BCUT2D eigenvalue weighted by Crippen LogP contribution is 2.27. The van der Waals surface area contributed by atoms with E-state index in [1.807, 2.05) is 18.7 Å². The number of thioether (sulfide) groups is 1. The first-order chi connectivity index (χ1) is 12.1. The zero-order chi connectivity index (χ0) is 17.7. The fourth-order valence-corrected chi connectivity index (χ4v) is 5.90. The molecular formula is C18H28N2O3S2. The number of ether oxygens (including phenoxy) is 1. The topological polar surface area (TPSA) is 58.6 Å². The Morgan fingerprint density at radius 2 is 1.92 bits per heavy atom. The third kappa shape index (κ3) is 5.12. The van der Waals surface area contributed by atoms with Crippen molar-refractivity contribution in [3.63, 3.8) is 0 Å². The Morgan fingerprint density at radius 3 is 2.52 bits per heavy atom. The predicted octanol–water partition coefficient (Wildman–Crippen LogP) is 2.58. The van der Waals surface area contributed by atoms with Crippen molar-refractivity contribution >= 4 is 21.8 Å². The molecule has 2 aliphatic rings. The lowest BCUT2D eigenvalue weighted by Crippen LogP contribution is -2.43. The molecule has 1 N–H and O–H groups in total. The van der Waals surface area contributed by atoms with Crippen molar-refractivity contribution in [1.29, 1.82) is 0 Å². The largest absolute Gasteiger partial charge is 0.494 e. The first kappa shape index (κ1) is 19.0. The molecule has 1 atom stereocenters. The van der Waals surface area contributed by atoms with E-state index in [2.05, 4.69) is 9.62 Å². The number of nitrogens with one attached hydrogen (secondary N) is 1. The molecule has 1 aromatic carbocycles. The molecule has 25 heavy (non-hydrogen) atoms. The summed E-state index contributed by atoms with van der Waals surface area (Å²) >= 11 is 2.05. The van der Waals surface area contributed by atoms with Gasteiger partial charge in [0.25, 0.3) is 0 Å². The van der Waals surface area contributed by atoms with Gasteiger partial charge in [-0.05, 0) is 75.2 Å². The number of nitrogens with zero attached hydrogens (tertiary/aromatic N) is 1. The van der Waals surface area contributed by atoms with Gasteiger partial charge in [-0.1, -0.05) is 0 Å². The second kappa shape index (κ2) is 8.75. The van der Waals surface area contributed by atoms with E-state index in [0.717, 1.165) is 32.0 Å². The van der Waals surface area contributed by atoms with Gasteiger partial charge in [-0.3, -0.25) is 4.90 Å². The number of hydrogen-bond donors (Lipinski definition) is 1. The van der Waals surface area contributed by atoms with Gasteiger partial charge in [-0.2, -0.15) is 11.8 Å². The van der Waals surface area contributed by atoms with Crippen molar-refractivity contribution in [2.75, 3.05) is 37.7 Å². The van der Waals surface area contributed by atoms with E-state index in [1.165, 1.54) is 17.9 Å². The molecule has 0 amide bonds. The highest BCUT2D eigenvalue weighted by Gasteiger charge is 2.28. The van der Waals surface area contributed by atoms with Gasteiger partial charge < -0.3 is 4.74 Å². The van der Waals surface area contributed by atoms with E-state index in [4.69, 9.17) is 4.74 Å². The summed E-state index contributed by atoms with van der Waals surface area (Å²) in [6.07, 6.45) is 3.46. The summed E-state index contributed by atoms with van der Waals surface area (Å²) in [5, 5.41) is 0. The summed E-state index contributed by atoms with van der Waals surface area (Å²) in [5.41, 5.74) is 0. The number of sulfonamides is 1. The molecule has 7 heteroatoms. The smallest absolute Gasteiger partial charge is 0.240 e. The molecule has 2 aliphatic heterocycles. The average molecular weight is 385 g/mol. The van der Waals surface area contributed by atoms with E-state index in [9.17, 15) is 8.42 Å². The van der Waals surface area contributed by atoms with Gasteiger partial charge in [0.2, 0.25) is 10.0 Å². The van der Waals surface area contributed by atoms with Crippen LogP contribution in [0.2, 0.25) is 0 Å². The number of rotatable bonds is 7. The van der Waals surface area contributed by atoms with Crippen molar-refractivity contribution in [1.82, 2.24) is 9.62 Å². The molecule has 0 radical (unpaired) electrons. The van der Waals surface area contributed by atoms with Gasteiger partial charge in [0.05, 0.1) is 11.5 Å². The molecule has 2 saturated heterocycles. The van der Waals surface area contributed by atoms with E-state index in [-0.39, 0.29) is 0 Å². The lowest BCUT2D eigenvalue weighted by molar-refractivity contribution is 0.145. The van der Waals surface area contributed by atoms with Crippen LogP contribution in [0.25, 0.3) is 0 Å². The summed E-state index contributed by atoms with van der Waals surface area (Å²) < 4.78 is 33.1. The highest BCUT2D eigenvalue weighted by molar-refractivity contribution is 7.99. The maximum atomic E-state index is 12.5. The van der Waals surface area contributed by atoms with Crippen LogP contribution in [0.5, 0.6) is 5.75 Å². The van der Waals surface area contributed by atoms with Gasteiger partial charge in [0, 0.05) is 18.3 Å². The Labute approximate surface area is 155 Å². The molecule has 140 valence electrons. The van der Waals surface area contributed by atoms with Crippen molar-refractivity contribution in [2.24, 2.45) is 5.92 Å². The third-order valence-electron chi connectivity index (χ3n) is 5.08. The highest BCUT2D eigenvalue weighted by atomic mass is 32.2. The molecule has 0 aliphatic carbocycles. The first-order valence-electron chi connectivity index (χ1n) is 9.13. The Bertz CT molecular complexity index is 635. The summed E-state index contributed by atoms with van der Waals surface area (Å²) in [4.78, 5) is 2.90. The summed E-state index contributed by atoms with van der Waals surface area (Å²) in [5.74, 6) is 3.67. The van der Waals surface area contributed by atoms with Crippen LogP contribution in [0, 0.1) is 5.92 Å². The zero-order valence-corrected chi connectivity index (χ0v) is 16.4. The SMILES string of the molecule is CCOc1ccc(S(=O)(=O)NCC2CCN(C3CCSC3)CC2)cc1. The minimum Gasteiger partial charge on any atom is -0.494 e. The number of likely N-dealkylation sites (tertiary alicyclic amines) is 1. The van der Waals surface area contributed by atoms with Gasteiger partial charge in [-0.15, -0.1) is 0 Å². The van der Waals surface area contributed by atoms with Gasteiger partial charge >= 0.3 is 0 Å². The van der Waals surface area contributed by atoms with Crippen LogP contribution in [0.4, 0.5) is 0 Å². The summed E-state index contributed by atoms with van der Waals surface area (Å²) in [7, 11) is -3.44. The maximum absolute atomic E-state index is 12.5.